The number of ether oxygens (including phenoxy) is 1. The second-order valence-corrected chi connectivity index (χ2v) is 6.60. The van der Waals surface area contributed by atoms with E-state index in [4.69, 9.17) is 13.6 Å². The predicted octanol–water partition coefficient (Wildman–Crippen LogP) is 1.89. The molecule has 0 radical (unpaired) electrons. The van der Waals surface area contributed by atoms with Crippen molar-refractivity contribution in [3.8, 4) is 0 Å². The van der Waals surface area contributed by atoms with Crippen LogP contribution in [0, 0.1) is 6.92 Å². The summed E-state index contributed by atoms with van der Waals surface area (Å²) in [4.78, 5) is 32.6. The first-order valence-electron chi connectivity index (χ1n) is 9.57. The molecule has 2 aromatic rings. The lowest BCUT2D eigenvalue weighted by atomic mass is 10.2. The average molecular weight is 402 g/mol. The van der Waals surface area contributed by atoms with Crippen LogP contribution in [0.25, 0.3) is 0 Å². The van der Waals surface area contributed by atoms with Gasteiger partial charge in [-0.25, -0.2) is 9.79 Å². The Labute approximate surface area is 169 Å². The number of hydrogen-bond donors (Lipinski definition) is 1. The van der Waals surface area contributed by atoms with Crippen molar-refractivity contribution < 1.29 is 23.2 Å². The molecule has 0 aromatic carbocycles. The van der Waals surface area contributed by atoms with E-state index in [1.807, 2.05) is 6.92 Å². The number of esters is 1. The number of piperazine rings is 1. The van der Waals surface area contributed by atoms with Gasteiger partial charge in [-0.3, -0.25) is 4.79 Å². The zero-order valence-electron chi connectivity index (χ0n) is 16.9. The summed E-state index contributed by atoms with van der Waals surface area (Å²) in [6.07, 6.45) is 1.50. The average Bonchev–Trinajstić information content (AvgIpc) is 3.40. The van der Waals surface area contributed by atoms with Gasteiger partial charge in [-0.2, -0.15) is 0 Å². The Morgan fingerprint density at radius 1 is 1.24 bits per heavy atom. The molecule has 1 saturated heterocycles. The Balaban J connectivity index is 1.63. The summed E-state index contributed by atoms with van der Waals surface area (Å²) in [5.74, 6) is 1.67. The van der Waals surface area contributed by atoms with E-state index in [1.54, 1.807) is 30.0 Å². The van der Waals surface area contributed by atoms with Crippen LogP contribution in [0.15, 0.2) is 38.3 Å². The lowest BCUT2D eigenvalue weighted by Crippen LogP contribution is -2.53. The van der Waals surface area contributed by atoms with Gasteiger partial charge in [0.15, 0.2) is 11.7 Å². The maximum Gasteiger partial charge on any atom is 0.341 e. The van der Waals surface area contributed by atoms with Gasteiger partial charge in [0.1, 0.15) is 23.6 Å². The lowest BCUT2D eigenvalue weighted by molar-refractivity contribution is 0.0598. The molecule has 2 aromatic heterocycles. The first kappa shape index (κ1) is 20.5. The van der Waals surface area contributed by atoms with Crippen molar-refractivity contribution in [2.45, 2.75) is 20.4 Å². The Kier molecular flexibility index (Phi) is 6.58. The number of furan rings is 2. The fourth-order valence-corrected chi connectivity index (χ4v) is 3.19. The zero-order valence-corrected chi connectivity index (χ0v) is 16.9. The van der Waals surface area contributed by atoms with E-state index in [9.17, 15) is 9.59 Å². The largest absolute Gasteiger partial charge is 0.465 e. The molecule has 3 rings (SSSR count). The molecular formula is C20H26N4O5. The van der Waals surface area contributed by atoms with Crippen LogP contribution in [0.1, 0.15) is 39.4 Å². The Morgan fingerprint density at radius 2 is 1.97 bits per heavy atom. The number of guanidine groups is 1. The van der Waals surface area contributed by atoms with Gasteiger partial charge in [0, 0.05) is 32.7 Å². The van der Waals surface area contributed by atoms with E-state index in [0.717, 1.165) is 12.5 Å². The van der Waals surface area contributed by atoms with Crippen molar-refractivity contribution in [3.63, 3.8) is 0 Å². The number of carbonyl (C=O) groups is 2. The van der Waals surface area contributed by atoms with Crippen LogP contribution in [-0.2, 0) is 11.3 Å². The second kappa shape index (κ2) is 9.31. The SMILES string of the molecule is CCNC(=NCc1cc(C(=O)OC)c(C)o1)N1CCN(C(=O)c2ccco2)CC1. The summed E-state index contributed by atoms with van der Waals surface area (Å²) in [6.45, 7) is 7.21. The van der Waals surface area contributed by atoms with Gasteiger partial charge < -0.3 is 28.7 Å². The number of amides is 1. The standard InChI is InChI=1S/C20H26N4O5/c1-4-21-20(22-13-15-12-16(14(2)29-15)19(26)27-3)24-9-7-23(8-10-24)18(25)17-6-5-11-28-17/h5-6,11-12H,4,7-10,13H2,1-3H3,(H,21,22). The molecular weight excluding hydrogens is 376 g/mol. The van der Waals surface area contributed by atoms with E-state index in [1.165, 1.54) is 13.4 Å². The highest BCUT2D eigenvalue weighted by atomic mass is 16.5. The molecule has 1 fully saturated rings. The van der Waals surface area contributed by atoms with Crippen LogP contribution in [0.2, 0.25) is 0 Å². The number of carbonyl (C=O) groups excluding carboxylic acids is 2. The summed E-state index contributed by atoms with van der Waals surface area (Å²) in [5.41, 5.74) is 0.410. The topological polar surface area (TPSA) is 101 Å². The second-order valence-electron chi connectivity index (χ2n) is 6.60. The number of aliphatic imine (C=N–C) groups is 1. The van der Waals surface area contributed by atoms with Gasteiger partial charge in [-0.15, -0.1) is 0 Å². The van der Waals surface area contributed by atoms with Crippen molar-refractivity contribution in [2.24, 2.45) is 4.99 Å². The fourth-order valence-electron chi connectivity index (χ4n) is 3.19. The summed E-state index contributed by atoms with van der Waals surface area (Å²) >= 11 is 0. The highest BCUT2D eigenvalue weighted by Crippen LogP contribution is 2.17. The molecule has 0 aliphatic carbocycles. The number of rotatable bonds is 5. The maximum absolute atomic E-state index is 12.4. The van der Waals surface area contributed by atoms with Crippen LogP contribution in [-0.4, -0.2) is 67.5 Å². The van der Waals surface area contributed by atoms with Crippen LogP contribution in [0.3, 0.4) is 0 Å². The number of aryl methyl sites for hydroxylation is 1. The molecule has 1 aliphatic heterocycles. The summed E-state index contributed by atoms with van der Waals surface area (Å²) in [5, 5.41) is 3.27. The molecule has 3 heterocycles. The zero-order chi connectivity index (χ0) is 20.8. The summed E-state index contributed by atoms with van der Waals surface area (Å²) in [7, 11) is 1.34. The molecule has 0 atom stereocenters. The smallest absolute Gasteiger partial charge is 0.341 e. The summed E-state index contributed by atoms with van der Waals surface area (Å²) in [6, 6.07) is 5.05. The Hall–Kier alpha value is -3.23. The molecule has 0 unspecified atom stereocenters. The van der Waals surface area contributed by atoms with Crippen molar-refractivity contribution in [1.29, 1.82) is 0 Å². The fraction of sp³-hybridized carbons (Fsp3) is 0.450. The number of hydrogen-bond acceptors (Lipinski definition) is 6. The third-order valence-electron chi connectivity index (χ3n) is 4.69. The minimum absolute atomic E-state index is 0.0991. The first-order valence-corrected chi connectivity index (χ1v) is 9.57. The van der Waals surface area contributed by atoms with E-state index >= 15 is 0 Å². The summed E-state index contributed by atoms with van der Waals surface area (Å²) < 4.78 is 15.6. The van der Waals surface area contributed by atoms with Crippen molar-refractivity contribution in [1.82, 2.24) is 15.1 Å². The van der Waals surface area contributed by atoms with E-state index in [-0.39, 0.29) is 5.91 Å². The van der Waals surface area contributed by atoms with Crippen molar-refractivity contribution >= 4 is 17.8 Å². The van der Waals surface area contributed by atoms with Crippen LogP contribution >= 0.6 is 0 Å². The molecule has 1 amide bonds. The quantitative estimate of drug-likeness (QED) is 0.463. The molecule has 1 N–H and O–H groups in total. The molecule has 0 bridgehead atoms. The van der Waals surface area contributed by atoms with E-state index < -0.39 is 5.97 Å². The van der Waals surface area contributed by atoms with Gasteiger partial charge in [0.05, 0.1) is 13.4 Å². The molecule has 0 spiro atoms. The number of nitrogens with zero attached hydrogens (tertiary/aromatic N) is 3. The van der Waals surface area contributed by atoms with Gasteiger partial charge in [-0.05, 0) is 32.0 Å². The molecule has 29 heavy (non-hydrogen) atoms. The Bertz CT molecular complexity index is 864. The molecule has 1 aliphatic rings. The van der Waals surface area contributed by atoms with Gasteiger partial charge in [0.2, 0.25) is 0 Å². The Morgan fingerprint density at radius 3 is 2.59 bits per heavy atom. The predicted molar refractivity (Wildman–Crippen MR) is 106 cm³/mol. The van der Waals surface area contributed by atoms with Crippen molar-refractivity contribution in [3.05, 3.63) is 47.3 Å². The van der Waals surface area contributed by atoms with Gasteiger partial charge in [0.25, 0.3) is 5.91 Å². The normalized spacial score (nSPS) is 14.8. The van der Waals surface area contributed by atoms with Gasteiger partial charge >= 0.3 is 5.97 Å². The van der Waals surface area contributed by atoms with Crippen LogP contribution in [0.5, 0.6) is 0 Å². The minimum Gasteiger partial charge on any atom is -0.465 e. The highest BCUT2D eigenvalue weighted by Gasteiger charge is 2.25. The molecule has 0 saturated carbocycles. The molecule has 156 valence electrons. The lowest BCUT2D eigenvalue weighted by Gasteiger charge is -2.36. The third-order valence-corrected chi connectivity index (χ3v) is 4.69. The van der Waals surface area contributed by atoms with Crippen LogP contribution < -0.4 is 5.32 Å². The molecule has 9 nitrogen and oxygen atoms in total. The number of nitrogens with one attached hydrogen (secondary N) is 1. The minimum atomic E-state index is -0.425. The maximum atomic E-state index is 12.4. The van der Waals surface area contributed by atoms with Crippen molar-refractivity contribution in [2.75, 3.05) is 39.8 Å². The number of methoxy groups -OCH3 is 1. The van der Waals surface area contributed by atoms with E-state index in [2.05, 4.69) is 15.2 Å². The monoisotopic (exact) mass is 402 g/mol. The van der Waals surface area contributed by atoms with Gasteiger partial charge in [-0.1, -0.05) is 0 Å². The van der Waals surface area contributed by atoms with E-state index in [0.29, 0.717) is 55.6 Å². The first-order chi connectivity index (χ1) is 14.0. The highest BCUT2D eigenvalue weighted by molar-refractivity contribution is 5.92. The third kappa shape index (κ3) is 4.79. The molecule has 9 heteroatoms. The van der Waals surface area contributed by atoms with Crippen LogP contribution in [0.4, 0.5) is 0 Å².